The zero-order valence-electron chi connectivity index (χ0n) is 9.87. The Kier molecular flexibility index (Phi) is 4.76. The molecule has 1 rings (SSSR count). The Hall–Kier alpha value is -1.98. The molecule has 1 atom stereocenters. The summed E-state index contributed by atoms with van der Waals surface area (Å²) in [6.45, 7) is 1.69. The molecular weight excluding hydrogens is 242 g/mol. The summed E-state index contributed by atoms with van der Waals surface area (Å²) in [6, 6.07) is 2.08. The Morgan fingerprint density at radius 2 is 1.83 bits per heavy atom. The van der Waals surface area contributed by atoms with Crippen LogP contribution in [0.15, 0.2) is 18.2 Å². The first-order valence-corrected chi connectivity index (χ1v) is 5.46. The van der Waals surface area contributed by atoms with Crippen molar-refractivity contribution in [2.24, 2.45) is 5.73 Å². The number of amides is 2. The molecule has 0 aromatic heterocycles. The first-order valence-electron chi connectivity index (χ1n) is 5.46. The van der Waals surface area contributed by atoms with Crippen molar-refractivity contribution in [2.45, 2.75) is 25.8 Å². The van der Waals surface area contributed by atoms with Gasteiger partial charge in [-0.05, 0) is 24.1 Å². The molecule has 0 heterocycles. The van der Waals surface area contributed by atoms with E-state index in [2.05, 4.69) is 5.32 Å². The molecule has 4 nitrogen and oxygen atoms in total. The normalized spacial score (nSPS) is 11.9. The molecule has 98 valence electrons. The molecule has 3 N–H and O–H groups in total. The molecule has 1 aromatic carbocycles. The van der Waals surface area contributed by atoms with Crippen molar-refractivity contribution in [3.05, 3.63) is 35.4 Å². The van der Waals surface area contributed by atoms with Crippen LogP contribution in [0.5, 0.6) is 0 Å². The maximum absolute atomic E-state index is 12.9. The van der Waals surface area contributed by atoms with E-state index in [1.807, 2.05) is 0 Å². The lowest BCUT2D eigenvalue weighted by atomic mass is 10.1. The Bertz CT molecular complexity index is 443. The number of carbonyl (C=O) groups excluding carboxylic acids is 2. The van der Waals surface area contributed by atoms with Gasteiger partial charge in [0.15, 0.2) is 0 Å². The third kappa shape index (κ3) is 4.12. The van der Waals surface area contributed by atoms with Crippen molar-refractivity contribution in [2.75, 3.05) is 0 Å². The smallest absolute Gasteiger partial charge is 0.239 e. The summed E-state index contributed by atoms with van der Waals surface area (Å²) in [5.41, 5.74) is 5.26. The highest BCUT2D eigenvalue weighted by Gasteiger charge is 2.16. The first kappa shape index (κ1) is 14.1. The van der Waals surface area contributed by atoms with E-state index in [9.17, 15) is 18.4 Å². The van der Waals surface area contributed by atoms with Gasteiger partial charge in [-0.3, -0.25) is 9.59 Å². The van der Waals surface area contributed by atoms with E-state index >= 15 is 0 Å². The fourth-order valence-corrected chi connectivity index (χ4v) is 1.52. The predicted molar refractivity (Wildman–Crippen MR) is 61.5 cm³/mol. The Morgan fingerprint density at radius 3 is 2.28 bits per heavy atom. The summed E-state index contributed by atoms with van der Waals surface area (Å²) in [7, 11) is 0. The summed E-state index contributed by atoms with van der Waals surface area (Å²) in [5, 5.41) is 2.40. The van der Waals surface area contributed by atoms with Crippen LogP contribution in [-0.4, -0.2) is 17.9 Å². The Balaban J connectivity index is 2.67. The first-order chi connectivity index (χ1) is 8.42. The molecule has 6 heteroatoms. The van der Waals surface area contributed by atoms with Crippen molar-refractivity contribution < 1.29 is 18.4 Å². The van der Waals surface area contributed by atoms with E-state index in [1.54, 1.807) is 6.92 Å². The van der Waals surface area contributed by atoms with Gasteiger partial charge in [0.25, 0.3) is 0 Å². The van der Waals surface area contributed by atoms with Crippen LogP contribution in [-0.2, 0) is 16.0 Å². The van der Waals surface area contributed by atoms with E-state index in [0.29, 0.717) is 6.42 Å². The van der Waals surface area contributed by atoms with E-state index in [1.165, 1.54) is 0 Å². The van der Waals surface area contributed by atoms with Crippen LogP contribution in [0.4, 0.5) is 8.78 Å². The Morgan fingerprint density at radius 1 is 1.28 bits per heavy atom. The van der Waals surface area contributed by atoms with Gasteiger partial charge >= 0.3 is 0 Å². The van der Waals surface area contributed by atoms with Crippen LogP contribution in [0.2, 0.25) is 0 Å². The average molecular weight is 256 g/mol. The Labute approximate surface area is 103 Å². The summed E-state index contributed by atoms with van der Waals surface area (Å²) in [5.74, 6) is -2.65. The second-order valence-corrected chi connectivity index (χ2v) is 3.89. The molecular formula is C12H14F2N2O2. The fourth-order valence-electron chi connectivity index (χ4n) is 1.52. The van der Waals surface area contributed by atoms with Crippen molar-refractivity contribution >= 4 is 11.8 Å². The predicted octanol–water partition coefficient (Wildman–Crippen LogP) is 0.887. The van der Waals surface area contributed by atoms with Gasteiger partial charge in [-0.1, -0.05) is 6.92 Å². The minimum absolute atomic E-state index is 0.198. The molecule has 0 spiro atoms. The third-order valence-corrected chi connectivity index (χ3v) is 2.37. The van der Waals surface area contributed by atoms with Crippen LogP contribution in [0, 0.1) is 11.6 Å². The number of hydrogen-bond acceptors (Lipinski definition) is 2. The zero-order chi connectivity index (χ0) is 13.7. The summed E-state index contributed by atoms with van der Waals surface area (Å²) in [6.07, 6.45) is 0.150. The zero-order valence-corrected chi connectivity index (χ0v) is 9.87. The number of nitrogens with one attached hydrogen (secondary N) is 1. The molecule has 0 saturated carbocycles. The van der Waals surface area contributed by atoms with Gasteiger partial charge in [0, 0.05) is 6.07 Å². The molecule has 0 aliphatic carbocycles. The largest absolute Gasteiger partial charge is 0.368 e. The van der Waals surface area contributed by atoms with Gasteiger partial charge in [0.2, 0.25) is 11.8 Å². The molecule has 0 fully saturated rings. The number of primary amides is 1. The average Bonchev–Trinajstić information content (AvgIpc) is 2.23. The lowest BCUT2D eigenvalue weighted by molar-refractivity contribution is -0.127. The molecule has 18 heavy (non-hydrogen) atoms. The summed E-state index contributed by atoms with van der Waals surface area (Å²) >= 11 is 0. The van der Waals surface area contributed by atoms with Gasteiger partial charge in [-0.15, -0.1) is 0 Å². The van der Waals surface area contributed by atoms with Gasteiger partial charge in [0.1, 0.15) is 17.7 Å². The lowest BCUT2D eigenvalue weighted by Gasteiger charge is -2.13. The highest BCUT2D eigenvalue weighted by atomic mass is 19.1. The van der Waals surface area contributed by atoms with Crippen LogP contribution in [0.25, 0.3) is 0 Å². The van der Waals surface area contributed by atoms with Crippen LogP contribution < -0.4 is 11.1 Å². The van der Waals surface area contributed by atoms with E-state index in [4.69, 9.17) is 5.73 Å². The lowest BCUT2D eigenvalue weighted by Crippen LogP contribution is -2.44. The topological polar surface area (TPSA) is 72.2 Å². The number of nitrogens with two attached hydrogens (primary N) is 1. The standard InChI is InChI=1S/C12H14F2N2O2/c1-2-10(12(15)18)16-11(17)5-7-3-8(13)6-9(14)4-7/h3-4,6,10H,2,5H2,1H3,(H2,15,18)(H,16,17)/t10-/m0/s1. The van der Waals surface area contributed by atoms with Crippen molar-refractivity contribution in [3.63, 3.8) is 0 Å². The second-order valence-electron chi connectivity index (χ2n) is 3.89. The molecule has 0 radical (unpaired) electrons. The van der Waals surface area contributed by atoms with Gasteiger partial charge in [-0.2, -0.15) is 0 Å². The highest BCUT2D eigenvalue weighted by molar-refractivity contribution is 5.87. The van der Waals surface area contributed by atoms with Gasteiger partial charge in [0.05, 0.1) is 6.42 Å². The van der Waals surface area contributed by atoms with E-state index in [-0.39, 0.29) is 12.0 Å². The molecule has 0 aliphatic rings. The van der Waals surface area contributed by atoms with Gasteiger partial charge < -0.3 is 11.1 Å². The van der Waals surface area contributed by atoms with E-state index in [0.717, 1.165) is 18.2 Å². The quantitative estimate of drug-likeness (QED) is 0.821. The molecule has 0 saturated heterocycles. The number of halogens is 2. The summed E-state index contributed by atoms with van der Waals surface area (Å²) < 4.78 is 25.8. The third-order valence-electron chi connectivity index (χ3n) is 2.37. The van der Waals surface area contributed by atoms with Crippen LogP contribution in [0.1, 0.15) is 18.9 Å². The van der Waals surface area contributed by atoms with Crippen LogP contribution >= 0.6 is 0 Å². The maximum atomic E-state index is 12.9. The van der Waals surface area contributed by atoms with Gasteiger partial charge in [-0.25, -0.2) is 8.78 Å². The summed E-state index contributed by atoms with van der Waals surface area (Å²) in [4.78, 5) is 22.5. The second kappa shape index (κ2) is 6.09. The van der Waals surface area contributed by atoms with Crippen LogP contribution in [0.3, 0.4) is 0 Å². The maximum Gasteiger partial charge on any atom is 0.239 e. The SMILES string of the molecule is CC[C@H](NC(=O)Cc1cc(F)cc(F)c1)C(N)=O. The molecule has 0 bridgehead atoms. The monoisotopic (exact) mass is 256 g/mol. The van der Waals surface area contributed by atoms with Crippen molar-refractivity contribution in [1.82, 2.24) is 5.32 Å². The molecule has 2 amide bonds. The number of rotatable bonds is 5. The van der Waals surface area contributed by atoms with Crippen molar-refractivity contribution in [3.8, 4) is 0 Å². The number of carbonyl (C=O) groups is 2. The fraction of sp³-hybridized carbons (Fsp3) is 0.333. The highest BCUT2D eigenvalue weighted by Crippen LogP contribution is 2.08. The minimum atomic E-state index is -0.768. The molecule has 1 aromatic rings. The molecule has 0 unspecified atom stereocenters. The van der Waals surface area contributed by atoms with E-state index < -0.39 is 29.5 Å². The van der Waals surface area contributed by atoms with Crippen molar-refractivity contribution in [1.29, 1.82) is 0 Å². The number of hydrogen-bond donors (Lipinski definition) is 2. The minimum Gasteiger partial charge on any atom is -0.368 e. The molecule has 0 aliphatic heterocycles. The number of benzene rings is 1.